The zero-order valence-corrected chi connectivity index (χ0v) is 15.5. The Kier molecular flexibility index (Phi) is 5.19. The Bertz CT molecular complexity index is 813. The zero-order chi connectivity index (χ0) is 17.8. The first-order valence-electron chi connectivity index (χ1n) is 9.18. The van der Waals surface area contributed by atoms with Crippen LogP contribution in [-0.2, 0) is 0 Å². The molecule has 0 radical (unpaired) electrons. The summed E-state index contributed by atoms with van der Waals surface area (Å²) >= 11 is 6.12. The quantitative estimate of drug-likeness (QED) is 0.754. The van der Waals surface area contributed by atoms with Crippen molar-refractivity contribution >= 4 is 17.4 Å². The highest BCUT2D eigenvalue weighted by molar-refractivity contribution is 6.30. The van der Waals surface area contributed by atoms with Crippen molar-refractivity contribution in [2.75, 3.05) is 31.1 Å². The van der Waals surface area contributed by atoms with Crippen LogP contribution in [0.15, 0.2) is 79.0 Å². The van der Waals surface area contributed by atoms with Crippen LogP contribution in [0.5, 0.6) is 0 Å². The highest BCUT2D eigenvalue weighted by Crippen LogP contribution is 2.21. The summed E-state index contributed by atoms with van der Waals surface area (Å²) in [7, 11) is 0. The van der Waals surface area contributed by atoms with Crippen molar-refractivity contribution in [3.63, 3.8) is 0 Å². The molecule has 0 unspecified atom stereocenters. The van der Waals surface area contributed by atoms with Crippen LogP contribution in [0.2, 0.25) is 5.02 Å². The fraction of sp³-hybridized carbons (Fsp3) is 0.227. The molecule has 3 nitrogen and oxygen atoms in total. The van der Waals surface area contributed by atoms with Crippen molar-refractivity contribution in [3.05, 3.63) is 95.1 Å². The molecule has 1 fully saturated rings. The van der Waals surface area contributed by atoms with Gasteiger partial charge in [0.2, 0.25) is 0 Å². The second-order valence-corrected chi connectivity index (χ2v) is 7.22. The fourth-order valence-electron chi connectivity index (χ4n) is 3.87. The Morgan fingerprint density at radius 1 is 0.808 bits per heavy atom. The number of piperazine rings is 1. The van der Waals surface area contributed by atoms with Crippen LogP contribution in [0, 0.1) is 0 Å². The summed E-state index contributed by atoms with van der Waals surface area (Å²) in [5.41, 5.74) is 2.69. The van der Waals surface area contributed by atoms with Gasteiger partial charge in [0.25, 0.3) is 5.82 Å². The minimum Gasteiger partial charge on any atom is -0.318 e. The standard InChI is InChI=1S/C22H22ClN3/c23-20-11-9-19(10-12-20)22(18-6-2-1-3-7-18)26-16-14-25(15-17-26)21-8-4-5-13-24-21/h1-13,22H,14-17H2/p+2/t22-/m1/s1. The number of quaternary nitrogens is 1. The molecule has 0 bridgehead atoms. The maximum absolute atomic E-state index is 6.12. The van der Waals surface area contributed by atoms with Crippen LogP contribution < -0.4 is 14.8 Å². The molecule has 0 aliphatic carbocycles. The summed E-state index contributed by atoms with van der Waals surface area (Å²) in [6.07, 6.45) is 2.00. The minimum atomic E-state index is 0.343. The monoisotopic (exact) mass is 365 g/mol. The van der Waals surface area contributed by atoms with Gasteiger partial charge < -0.3 is 4.90 Å². The molecule has 0 amide bonds. The number of anilines is 1. The second-order valence-electron chi connectivity index (χ2n) is 6.79. The lowest BCUT2D eigenvalue weighted by Crippen LogP contribution is -3.15. The van der Waals surface area contributed by atoms with E-state index in [1.165, 1.54) is 16.9 Å². The predicted octanol–water partition coefficient (Wildman–Crippen LogP) is 2.65. The molecule has 1 aliphatic heterocycles. The maximum atomic E-state index is 6.12. The van der Waals surface area contributed by atoms with Crippen molar-refractivity contribution in [3.8, 4) is 0 Å². The molecular weight excluding hydrogens is 342 g/mol. The van der Waals surface area contributed by atoms with E-state index in [0.717, 1.165) is 31.2 Å². The predicted molar refractivity (Wildman–Crippen MR) is 106 cm³/mol. The van der Waals surface area contributed by atoms with Gasteiger partial charge in [-0.25, -0.2) is 4.98 Å². The van der Waals surface area contributed by atoms with E-state index >= 15 is 0 Å². The van der Waals surface area contributed by atoms with Gasteiger partial charge in [-0.3, -0.25) is 4.90 Å². The highest BCUT2D eigenvalue weighted by atomic mass is 35.5. The topological polar surface area (TPSA) is 21.8 Å². The van der Waals surface area contributed by atoms with Gasteiger partial charge in [-0.1, -0.05) is 60.1 Å². The van der Waals surface area contributed by atoms with Gasteiger partial charge in [0, 0.05) is 22.2 Å². The van der Waals surface area contributed by atoms with E-state index < -0.39 is 0 Å². The lowest BCUT2D eigenvalue weighted by Gasteiger charge is -2.34. The molecular formula is C22H24ClN3+2. The maximum Gasteiger partial charge on any atom is 0.274 e. The van der Waals surface area contributed by atoms with Crippen molar-refractivity contribution in [2.24, 2.45) is 0 Å². The molecule has 1 saturated heterocycles. The van der Waals surface area contributed by atoms with Crippen LogP contribution in [0.4, 0.5) is 5.82 Å². The number of rotatable bonds is 4. The SMILES string of the molecule is Clc1ccc([C@@H](c2ccccc2)[NH+]2CCN(c3cccc[nH+]3)CC2)cc1. The Morgan fingerprint density at radius 3 is 2.12 bits per heavy atom. The second kappa shape index (κ2) is 7.90. The van der Waals surface area contributed by atoms with Crippen molar-refractivity contribution < 1.29 is 9.88 Å². The molecule has 0 spiro atoms. The molecule has 26 heavy (non-hydrogen) atoms. The number of aromatic nitrogens is 1. The van der Waals surface area contributed by atoms with E-state index in [2.05, 4.69) is 64.5 Å². The third-order valence-electron chi connectivity index (χ3n) is 5.18. The first kappa shape index (κ1) is 17.1. The summed E-state index contributed by atoms with van der Waals surface area (Å²) in [6, 6.07) is 25.8. The molecule has 1 aromatic heterocycles. The molecule has 1 aliphatic rings. The number of hydrogen-bond donors (Lipinski definition) is 1. The van der Waals surface area contributed by atoms with Crippen LogP contribution in [0.3, 0.4) is 0 Å². The Balaban J connectivity index is 1.56. The van der Waals surface area contributed by atoms with E-state index in [-0.39, 0.29) is 0 Å². The number of halogens is 1. The molecule has 2 N–H and O–H groups in total. The van der Waals surface area contributed by atoms with Gasteiger partial charge in [0.05, 0.1) is 6.20 Å². The first-order valence-corrected chi connectivity index (χ1v) is 9.56. The molecule has 4 rings (SSSR count). The lowest BCUT2D eigenvalue weighted by atomic mass is 9.96. The lowest BCUT2D eigenvalue weighted by molar-refractivity contribution is -0.926. The summed E-state index contributed by atoms with van der Waals surface area (Å²) in [4.78, 5) is 7.39. The molecule has 1 atom stereocenters. The summed E-state index contributed by atoms with van der Waals surface area (Å²) in [6.45, 7) is 4.30. The van der Waals surface area contributed by atoms with Crippen molar-refractivity contribution in [2.45, 2.75) is 6.04 Å². The van der Waals surface area contributed by atoms with Crippen LogP contribution in [-0.4, -0.2) is 26.2 Å². The molecule has 0 saturated carbocycles. The van der Waals surface area contributed by atoms with Crippen LogP contribution >= 0.6 is 11.6 Å². The highest BCUT2D eigenvalue weighted by Gasteiger charge is 2.32. The van der Waals surface area contributed by atoms with Gasteiger partial charge >= 0.3 is 0 Å². The molecule has 4 heteroatoms. The Labute approximate surface area is 159 Å². The van der Waals surface area contributed by atoms with Gasteiger partial charge in [-0.05, 0) is 18.2 Å². The largest absolute Gasteiger partial charge is 0.318 e. The number of benzene rings is 2. The third-order valence-corrected chi connectivity index (χ3v) is 5.44. The molecule has 2 aromatic carbocycles. The number of nitrogens with one attached hydrogen (secondary N) is 2. The zero-order valence-electron chi connectivity index (χ0n) is 14.7. The van der Waals surface area contributed by atoms with Gasteiger partial charge in [0.15, 0.2) is 0 Å². The number of nitrogens with zero attached hydrogens (tertiary/aromatic N) is 1. The fourth-order valence-corrected chi connectivity index (χ4v) is 3.99. The average Bonchev–Trinajstić information content (AvgIpc) is 2.72. The average molecular weight is 366 g/mol. The van der Waals surface area contributed by atoms with E-state index in [0.29, 0.717) is 6.04 Å². The number of H-pyrrole nitrogens is 1. The van der Waals surface area contributed by atoms with Crippen LogP contribution in [0.1, 0.15) is 17.2 Å². The minimum absolute atomic E-state index is 0.343. The van der Waals surface area contributed by atoms with E-state index in [1.54, 1.807) is 4.90 Å². The van der Waals surface area contributed by atoms with Crippen molar-refractivity contribution in [1.82, 2.24) is 0 Å². The molecule has 2 heterocycles. The van der Waals surface area contributed by atoms with Crippen LogP contribution in [0.25, 0.3) is 0 Å². The number of aromatic amines is 1. The smallest absolute Gasteiger partial charge is 0.274 e. The molecule has 132 valence electrons. The summed E-state index contributed by atoms with van der Waals surface area (Å²) < 4.78 is 0. The van der Waals surface area contributed by atoms with Gasteiger partial charge in [-0.15, -0.1) is 0 Å². The Morgan fingerprint density at radius 2 is 1.46 bits per heavy atom. The van der Waals surface area contributed by atoms with E-state index in [1.807, 2.05) is 24.4 Å². The Hall–Kier alpha value is -2.36. The van der Waals surface area contributed by atoms with Gasteiger partial charge in [-0.2, -0.15) is 0 Å². The van der Waals surface area contributed by atoms with E-state index in [9.17, 15) is 0 Å². The summed E-state index contributed by atoms with van der Waals surface area (Å²) in [5.74, 6) is 1.20. The number of pyridine rings is 1. The van der Waals surface area contributed by atoms with Gasteiger partial charge in [0.1, 0.15) is 32.2 Å². The van der Waals surface area contributed by atoms with E-state index in [4.69, 9.17) is 11.6 Å². The third kappa shape index (κ3) is 3.74. The summed E-state index contributed by atoms with van der Waals surface area (Å²) in [5, 5.41) is 0.792. The molecule has 3 aromatic rings. The normalized spacial score (nSPS) is 16.4. The first-order chi connectivity index (χ1) is 12.8. The van der Waals surface area contributed by atoms with Crippen molar-refractivity contribution in [1.29, 1.82) is 0 Å². The number of hydrogen-bond acceptors (Lipinski definition) is 1.